The molecule has 0 amide bonds. The van der Waals surface area contributed by atoms with Crippen LogP contribution in [-0.2, 0) is 9.47 Å². The highest BCUT2D eigenvalue weighted by molar-refractivity contribution is 5.38. The predicted molar refractivity (Wildman–Crippen MR) is 148 cm³/mol. The molecule has 4 fully saturated rings. The maximum Gasteiger partial charge on any atom is 0.157 e. The zero-order valence-corrected chi connectivity index (χ0v) is 23.5. The van der Waals surface area contributed by atoms with E-state index in [1.165, 1.54) is 31.3 Å². The minimum absolute atomic E-state index is 0.0653. The van der Waals surface area contributed by atoms with Crippen molar-refractivity contribution in [1.82, 2.24) is 0 Å². The molecule has 0 spiro atoms. The van der Waals surface area contributed by atoms with Gasteiger partial charge in [-0.05, 0) is 99.5 Å². The molecular formula is C32H50O5. The van der Waals surface area contributed by atoms with Crippen LogP contribution in [-0.4, -0.2) is 52.6 Å². The summed E-state index contributed by atoms with van der Waals surface area (Å²) in [5.41, 5.74) is 2.76. The lowest BCUT2D eigenvalue weighted by Crippen LogP contribution is -2.36. The number of ether oxygens (including phenoxy) is 2. The van der Waals surface area contributed by atoms with Gasteiger partial charge < -0.3 is 24.8 Å². The van der Waals surface area contributed by atoms with E-state index >= 15 is 0 Å². The molecule has 208 valence electrons. The van der Waals surface area contributed by atoms with Crippen LogP contribution in [0.5, 0.6) is 0 Å². The van der Waals surface area contributed by atoms with Crippen molar-refractivity contribution in [3.8, 4) is 0 Å². The summed E-state index contributed by atoms with van der Waals surface area (Å²) < 4.78 is 11.2. The highest BCUT2D eigenvalue weighted by Gasteiger charge is 2.50. The van der Waals surface area contributed by atoms with Crippen molar-refractivity contribution in [2.75, 3.05) is 13.2 Å². The van der Waals surface area contributed by atoms with Gasteiger partial charge in [0.15, 0.2) is 6.29 Å². The van der Waals surface area contributed by atoms with Crippen molar-refractivity contribution in [3.63, 3.8) is 0 Å². The molecule has 0 radical (unpaired) electrons. The Labute approximate surface area is 224 Å². The summed E-state index contributed by atoms with van der Waals surface area (Å²) in [5, 5.41) is 31.2. The highest BCUT2D eigenvalue weighted by atomic mass is 16.7. The minimum Gasteiger partial charge on any atom is -0.393 e. The van der Waals surface area contributed by atoms with Crippen molar-refractivity contribution in [1.29, 1.82) is 0 Å². The second kappa shape index (κ2) is 11.9. The van der Waals surface area contributed by atoms with Crippen LogP contribution in [0.15, 0.2) is 47.6 Å². The smallest absolute Gasteiger partial charge is 0.157 e. The predicted octanol–water partition coefficient (Wildman–Crippen LogP) is 5.86. The molecule has 3 N–H and O–H groups in total. The van der Waals surface area contributed by atoms with Crippen molar-refractivity contribution in [3.05, 3.63) is 47.6 Å². The average molecular weight is 515 g/mol. The molecule has 4 rings (SSSR count). The van der Waals surface area contributed by atoms with E-state index in [2.05, 4.69) is 44.7 Å². The van der Waals surface area contributed by atoms with E-state index in [1.807, 2.05) is 13.8 Å². The maximum atomic E-state index is 10.8. The molecule has 4 aliphatic rings. The third-order valence-electron chi connectivity index (χ3n) is 9.90. The molecule has 3 saturated carbocycles. The molecule has 0 bridgehead atoms. The lowest BCUT2D eigenvalue weighted by Gasteiger charge is -2.44. The molecule has 0 aromatic rings. The fourth-order valence-electron chi connectivity index (χ4n) is 7.63. The molecule has 37 heavy (non-hydrogen) atoms. The van der Waals surface area contributed by atoms with Gasteiger partial charge in [0, 0.05) is 12.3 Å². The minimum atomic E-state index is -0.782. The van der Waals surface area contributed by atoms with E-state index in [0.717, 1.165) is 30.4 Å². The summed E-state index contributed by atoms with van der Waals surface area (Å²) in [7, 11) is 0. The van der Waals surface area contributed by atoms with Gasteiger partial charge in [0.1, 0.15) is 0 Å². The first-order valence-electron chi connectivity index (χ1n) is 14.6. The van der Waals surface area contributed by atoms with Crippen molar-refractivity contribution >= 4 is 0 Å². The number of aliphatic hydroxyl groups excluding tert-OH is 2. The van der Waals surface area contributed by atoms with Gasteiger partial charge in [0.25, 0.3) is 0 Å². The monoisotopic (exact) mass is 514 g/mol. The molecule has 7 atom stereocenters. The Balaban J connectivity index is 1.44. The van der Waals surface area contributed by atoms with E-state index in [1.54, 1.807) is 0 Å². The number of hydrogen-bond donors (Lipinski definition) is 3. The molecule has 5 nitrogen and oxygen atoms in total. The summed E-state index contributed by atoms with van der Waals surface area (Å²) in [5.74, 6) is 1.70. The summed E-state index contributed by atoms with van der Waals surface area (Å²) in [6.45, 7) is 14.1. The van der Waals surface area contributed by atoms with E-state index in [4.69, 9.17) is 9.47 Å². The van der Waals surface area contributed by atoms with Crippen LogP contribution in [0.3, 0.4) is 0 Å². The van der Waals surface area contributed by atoms with Gasteiger partial charge in [0.2, 0.25) is 0 Å². The third-order valence-corrected chi connectivity index (χ3v) is 9.90. The lowest BCUT2D eigenvalue weighted by molar-refractivity contribution is -0.0563. The molecule has 0 aromatic carbocycles. The van der Waals surface area contributed by atoms with Gasteiger partial charge in [-0.25, -0.2) is 0 Å². The van der Waals surface area contributed by atoms with Crippen LogP contribution in [0, 0.1) is 29.1 Å². The molecular weight excluding hydrogens is 464 g/mol. The Morgan fingerprint density at radius 3 is 2.57 bits per heavy atom. The summed E-state index contributed by atoms with van der Waals surface area (Å²) >= 11 is 0. The quantitative estimate of drug-likeness (QED) is 0.354. The Kier molecular flexibility index (Phi) is 9.23. The molecule has 0 unspecified atom stereocenters. The van der Waals surface area contributed by atoms with E-state index in [-0.39, 0.29) is 17.6 Å². The molecule has 3 aliphatic carbocycles. The second-order valence-corrected chi connectivity index (χ2v) is 12.9. The molecule has 5 heteroatoms. The molecule has 0 aromatic heterocycles. The standard InChI is InChI=1S/C32H50O5/c1-21(8-11-25(31(3,4)35)12-15-30-36-17-18-37-30)27-13-14-28-23(7-6-16-32(27,28)5)9-10-24-19-26(33)20-29(34)22(24)2/h8-11,21,25-30,33-35H,2,6-7,12-20H2,1,3-5H3/b11-8+,23-9+,24-10-/t21-,25-,26-,27-,28+,29+,32-/m1/s1. The van der Waals surface area contributed by atoms with Gasteiger partial charge in [-0.15, -0.1) is 0 Å². The van der Waals surface area contributed by atoms with Crippen molar-refractivity contribution in [2.45, 2.75) is 110 Å². The Bertz CT molecular complexity index is 889. The largest absolute Gasteiger partial charge is 0.393 e. The lowest BCUT2D eigenvalue weighted by atomic mass is 9.61. The van der Waals surface area contributed by atoms with Gasteiger partial charge in [-0.3, -0.25) is 0 Å². The Morgan fingerprint density at radius 1 is 1.14 bits per heavy atom. The topological polar surface area (TPSA) is 79.2 Å². The SMILES string of the molecule is C=C1/C(=C\C=C2/CCC[C@]3(C)[C@@H]([C@H](C)/C=C/[C@H](CCC4OCCO4)C(C)(C)O)CC[C@@H]23)C[C@@H](O)C[C@@H]1O. The number of fused-ring (bicyclic) bond motifs is 1. The van der Waals surface area contributed by atoms with E-state index in [9.17, 15) is 15.3 Å². The first-order chi connectivity index (χ1) is 17.5. The average Bonchev–Trinajstić information content (AvgIpc) is 3.46. The molecule has 1 aliphatic heterocycles. The van der Waals surface area contributed by atoms with Gasteiger partial charge in [-0.2, -0.15) is 0 Å². The fourth-order valence-corrected chi connectivity index (χ4v) is 7.63. The fraction of sp³-hybridized carbons (Fsp3) is 0.750. The van der Waals surface area contributed by atoms with Crippen LogP contribution in [0.2, 0.25) is 0 Å². The second-order valence-electron chi connectivity index (χ2n) is 12.9. The normalized spacial score (nSPS) is 37.5. The highest BCUT2D eigenvalue weighted by Crippen LogP contribution is 2.59. The summed E-state index contributed by atoms with van der Waals surface area (Å²) in [6, 6.07) is 0. The van der Waals surface area contributed by atoms with Gasteiger partial charge >= 0.3 is 0 Å². The van der Waals surface area contributed by atoms with Crippen LogP contribution in [0.25, 0.3) is 0 Å². The number of allylic oxidation sites excluding steroid dienone is 4. The number of rotatable bonds is 8. The number of aliphatic hydroxyl groups is 3. The molecule has 1 heterocycles. The van der Waals surface area contributed by atoms with E-state index < -0.39 is 17.8 Å². The molecule has 1 saturated heterocycles. The summed E-state index contributed by atoms with van der Waals surface area (Å²) in [6.07, 6.45) is 16.4. The zero-order valence-electron chi connectivity index (χ0n) is 23.5. The summed E-state index contributed by atoms with van der Waals surface area (Å²) in [4.78, 5) is 0. The van der Waals surface area contributed by atoms with Crippen LogP contribution in [0.4, 0.5) is 0 Å². The Hall–Kier alpha value is -1.24. The van der Waals surface area contributed by atoms with Crippen LogP contribution < -0.4 is 0 Å². The van der Waals surface area contributed by atoms with Crippen LogP contribution >= 0.6 is 0 Å². The maximum absolute atomic E-state index is 10.8. The Morgan fingerprint density at radius 2 is 1.86 bits per heavy atom. The van der Waals surface area contributed by atoms with Crippen LogP contribution in [0.1, 0.15) is 85.5 Å². The first-order valence-corrected chi connectivity index (χ1v) is 14.6. The van der Waals surface area contributed by atoms with Gasteiger partial charge in [0.05, 0.1) is 31.0 Å². The van der Waals surface area contributed by atoms with Crippen molar-refractivity contribution in [2.24, 2.45) is 29.1 Å². The first kappa shape index (κ1) is 28.8. The van der Waals surface area contributed by atoms with E-state index in [0.29, 0.717) is 43.8 Å². The number of hydrogen-bond acceptors (Lipinski definition) is 5. The van der Waals surface area contributed by atoms with Gasteiger partial charge in [-0.1, -0.05) is 50.3 Å². The third kappa shape index (κ3) is 6.67. The van der Waals surface area contributed by atoms with Crippen molar-refractivity contribution < 1.29 is 24.8 Å². The zero-order chi connectivity index (χ0) is 26.8.